The van der Waals surface area contributed by atoms with Crippen molar-refractivity contribution in [3.05, 3.63) is 11.9 Å². The summed E-state index contributed by atoms with van der Waals surface area (Å²) in [6.07, 6.45) is 4.90. The van der Waals surface area contributed by atoms with Crippen molar-refractivity contribution in [2.75, 3.05) is 25.0 Å². The van der Waals surface area contributed by atoms with Crippen LogP contribution < -0.4 is 5.32 Å². The third-order valence-corrected chi connectivity index (χ3v) is 3.59. The van der Waals surface area contributed by atoms with Crippen molar-refractivity contribution in [1.29, 1.82) is 0 Å². The zero-order chi connectivity index (χ0) is 13.8. The zero-order valence-electron chi connectivity index (χ0n) is 12.8. The van der Waals surface area contributed by atoms with Crippen LogP contribution in [0.15, 0.2) is 6.20 Å². The van der Waals surface area contributed by atoms with Gasteiger partial charge in [-0.1, -0.05) is 6.92 Å². The van der Waals surface area contributed by atoms with Gasteiger partial charge in [0.25, 0.3) is 0 Å². The Kier molecular flexibility index (Phi) is 4.86. The molecule has 19 heavy (non-hydrogen) atoms. The zero-order valence-corrected chi connectivity index (χ0v) is 12.8. The number of likely N-dealkylation sites (tertiary alicyclic amines) is 1. The molecule has 4 heteroatoms. The second kappa shape index (κ2) is 6.42. The molecule has 1 saturated heterocycles. The number of rotatable bonds is 6. The highest BCUT2D eigenvalue weighted by molar-refractivity contribution is 5.29. The van der Waals surface area contributed by atoms with Crippen LogP contribution in [0, 0.1) is 12.8 Å². The third kappa shape index (κ3) is 4.23. The molecule has 2 heterocycles. The molecule has 0 aromatic carbocycles. The number of nitrogens with zero attached hydrogens (tertiary/aromatic N) is 3. The van der Waals surface area contributed by atoms with Crippen LogP contribution in [0.3, 0.4) is 0 Å². The molecule has 1 aliphatic heterocycles. The highest BCUT2D eigenvalue weighted by Gasteiger charge is 2.16. The minimum atomic E-state index is 0.425. The van der Waals surface area contributed by atoms with Crippen molar-refractivity contribution >= 4 is 5.95 Å². The van der Waals surface area contributed by atoms with Crippen LogP contribution in [0.2, 0.25) is 0 Å². The van der Waals surface area contributed by atoms with Crippen molar-refractivity contribution in [3.8, 4) is 0 Å². The number of hydrogen-bond acceptors (Lipinski definition) is 3. The molecule has 2 rings (SSSR count). The van der Waals surface area contributed by atoms with Gasteiger partial charge in [-0.2, -0.15) is 0 Å². The molecule has 0 radical (unpaired) electrons. The predicted octanol–water partition coefficient (Wildman–Crippen LogP) is 2.74. The summed E-state index contributed by atoms with van der Waals surface area (Å²) in [5.41, 5.74) is 1.09. The average molecular weight is 264 g/mol. The van der Waals surface area contributed by atoms with Crippen LogP contribution in [-0.4, -0.2) is 40.1 Å². The first kappa shape index (κ1) is 14.4. The van der Waals surface area contributed by atoms with Crippen molar-refractivity contribution in [2.45, 2.75) is 53.1 Å². The van der Waals surface area contributed by atoms with E-state index in [2.05, 4.69) is 53.7 Å². The van der Waals surface area contributed by atoms with E-state index in [9.17, 15) is 0 Å². The molecule has 1 aromatic heterocycles. The molecule has 1 unspecified atom stereocenters. The molecule has 0 aliphatic carbocycles. The molecular formula is C15H28N4. The third-order valence-electron chi connectivity index (χ3n) is 3.59. The molecule has 1 aliphatic rings. The number of aryl methyl sites for hydroxylation is 1. The van der Waals surface area contributed by atoms with Crippen LogP contribution in [-0.2, 0) is 6.54 Å². The second-order valence-corrected chi connectivity index (χ2v) is 6.27. The summed E-state index contributed by atoms with van der Waals surface area (Å²) in [4.78, 5) is 7.16. The summed E-state index contributed by atoms with van der Waals surface area (Å²) in [5.74, 6) is 1.68. The van der Waals surface area contributed by atoms with E-state index in [0.717, 1.165) is 18.2 Å². The molecule has 0 amide bonds. The SMILES string of the molecule is Cc1cn(CC(C)CN2CCCC2)c(NC(C)C)n1. The quantitative estimate of drug-likeness (QED) is 0.857. The van der Waals surface area contributed by atoms with E-state index in [1.807, 2.05) is 0 Å². The van der Waals surface area contributed by atoms with Gasteiger partial charge >= 0.3 is 0 Å². The Morgan fingerprint density at radius 1 is 1.21 bits per heavy atom. The highest BCUT2D eigenvalue weighted by Crippen LogP contribution is 2.15. The Balaban J connectivity index is 1.93. The summed E-state index contributed by atoms with van der Waals surface area (Å²) in [7, 11) is 0. The topological polar surface area (TPSA) is 33.1 Å². The normalized spacial score (nSPS) is 18.2. The molecule has 1 atom stereocenters. The number of hydrogen-bond donors (Lipinski definition) is 1. The lowest BCUT2D eigenvalue weighted by Gasteiger charge is -2.21. The van der Waals surface area contributed by atoms with Crippen LogP contribution >= 0.6 is 0 Å². The fourth-order valence-corrected chi connectivity index (χ4v) is 2.86. The Labute approximate surface area is 117 Å². The Morgan fingerprint density at radius 2 is 1.89 bits per heavy atom. The molecule has 0 saturated carbocycles. The molecule has 1 fully saturated rings. The number of imidazole rings is 1. The summed E-state index contributed by atoms with van der Waals surface area (Å²) >= 11 is 0. The van der Waals surface area contributed by atoms with Gasteiger partial charge in [0.15, 0.2) is 0 Å². The Bertz CT molecular complexity index is 391. The van der Waals surface area contributed by atoms with Gasteiger partial charge in [0.2, 0.25) is 5.95 Å². The van der Waals surface area contributed by atoms with E-state index < -0.39 is 0 Å². The van der Waals surface area contributed by atoms with Crippen LogP contribution in [0.4, 0.5) is 5.95 Å². The van der Waals surface area contributed by atoms with Gasteiger partial charge < -0.3 is 14.8 Å². The van der Waals surface area contributed by atoms with Gasteiger partial charge in [0, 0.05) is 25.3 Å². The minimum absolute atomic E-state index is 0.425. The van der Waals surface area contributed by atoms with Crippen molar-refractivity contribution in [2.24, 2.45) is 5.92 Å². The van der Waals surface area contributed by atoms with Crippen LogP contribution in [0.5, 0.6) is 0 Å². The molecular weight excluding hydrogens is 236 g/mol. The Morgan fingerprint density at radius 3 is 2.53 bits per heavy atom. The van der Waals surface area contributed by atoms with Crippen LogP contribution in [0.25, 0.3) is 0 Å². The van der Waals surface area contributed by atoms with E-state index in [0.29, 0.717) is 12.0 Å². The minimum Gasteiger partial charge on any atom is -0.353 e. The van der Waals surface area contributed by atoms with Gasteiger partial charge in [-0.25, -0.2) is 4.98 Å². The number of anilines is 1. The maximum Gasteiger partial charge on any atom is 0.203 e. The Hall–Kier alpha value is -1.03. The van der Waals surface area contributed by atoms with Crippen molar-refractivity contribution < 1.29 is 0 Å². The predicted molar refractivity (Wildman–Crippen MR) is 80.6 cm³/mol. The maximum absolute atomic E-state index is 4.57. The first-order valence-corrected chi connectivity index (χ1v) is 7.57. The lowest BCUT2D eigenvalue weighted by molar-refractivity contribution is 0.272. The first-order valence-electron chi connectivity index (χ1n) is 7.57. The molecule has 108 valence electrons. The van der Waals surface area contributed by atoms with E-state index in [4.69, 9.17) is 0 Å². The molecule has 4 nitrogen and oxygen atoms in total. The van der Waals surface area contributed by atoms with E-state index >= 15 is 0 Å². The summed E-state index contributed by atoms with van der Waals surface area (Å²) < 4.78 is 2.27. The molecule has 0 bridgehead atoms. The van der Waals surface area contributed by atoms with Gasteiger partial charge in [-0.05, 0) is 52.6 Å². The molecule has 1 aromatic rings. The van der Waals surface area contributed by atoms with Gasteiger partial charge in [0.1, 0.15) is 0 Å². The van der Waals surface area contributed by atoms with Gasteiger partial charge in [-0.3, -0.25) is 0 Å². The summed E-state index contributed by atoms with van der Waals surface area (Å²) in [5, 5.41) is 3.43. The maximum atomic E-state index is 4.57. The fraction of sp³-hybridized carbons (Fsp3) is 0.800. The van der Waals surface area contributed by atoms with Crippen molar-refractivity contribution in [1.82, 2.24) is 14.5 Å². The molecule has 1 N–H and O–H groups in total. The highest BCUT2D eigenvalue weighted by atomic mass is 15.2. The fourth-order valence-electron chi connectivity index (χ4n) is 2.86. The summed E-state index contributed by atoms with van der Waals surface area (Å²) in [6.45, 7) is 13.5. The van der Waals surface area contributed by atoms with Crippen molar-refractivity contribution in [3.63, 3.8) is 0 Å². The van der Waals surface area contributed by atoms with Crippen LogP contribution in [0.1, 0.15) is 39.3 Å². The first-order chi connectivity index (χ1) is 9.04. The largest absolute Gasteiger partial charge is 0.353 e. The standard InChI is InChI=1S/C15H28N4/c1-12(2)16-15-17-14(4)11-19(15)10-13(3)9-18-7-5-6-8-18/h11-13H,5-10H2,1-4H3,(H,16,17). The second-order valence-electron chi connectivity index (χ2n) is 6.27. The smallest absolute Gasteiger partial charge is 0.203 e. The van der Waals surface area contributed by atoms with Gasteiger partial charge in [0.05, 0.1) is 5.69 Å². The van der Waals surface area contributed by atoms with E-state index in [-0.39, 0.29) is 0 Å². The average Bonchev–Trinajstić information content (AvgIpc) is 2.89. The monoisotopic (exact) mass is 264 g/mol. The lowest BCUT2D eigenvalue weighted by Crippen LogP contribution is -2.28. The lowest BCUT2D eigenvalue weighted by atomic mass is 10.1. The van der Waals surface area contributed by atoms with Gasteiger partial charge in [-0.15, -0.1) is 0 Å². The van der Waals surface area contributed by atoms with E-state index in [1.54, 1.807) is 0 Å². The molecule has 0 spiro atoms. The number of aromatic nitrogens is 2. The van der Waals surface area contributed by atoms with E-state index in [1.165, 1.54) is 32.5 Å². The number of nitrogens with one attached hydrogen (secondary N) is 1. The summed E-state index contributed by atoms with van der Waals surface area (Å²) in [6, 6.07) is 0.425.